The lowest BCUT2D eigenvalue weighted by Gasteiger charge is -2.16. The number of aromatic nitrogens is 1. The normalized spacial score (nSPS) is 11.7. The number of hydrogen-bond acceptors (Lipinski definition) is 8. The minimum Gasteiger partial charge on any atom is -0.488 e. The molecule has 1 aromatic heterocycles. The maximum absolute atomic E-state index is 13.6. The predicted octanol–water partition coefficient (Wildman–Crippen LogP) is 5.45. The molecule has 0 saturated heterocycles. The van der Waals surface area contributed by atoms with Gasteiger partial charge in [-0.1, -0.05) is 11.3 Å². The van der Waals surface area contributed by atoms with Crippen LogP contribution in [0.1, 0.15) is 23.7 Å². The van der Waals surface area contributed by atoms with E-state index in [1.807, 2.05) is 0 Å². The SMILES string of the molecule is COC[C@H](C)Oc1cc(Oc2ccc(F)c(F)c2)cc(C(=O)Nc2ncc(SCCC(=O)O)s2)c1. The van der Waals surface area contributed by atoms with Crippen molar-refractivity contribution in [2.75, 3.05) is 24.8 Å². The molecule has 0 aliphatic heterocycles. The highest BCUT2D eigenvalue weighted by molar-refractivity contribution is 8.01. The van der Waals surface area contributed by atoms with Gasteiger partial charge in [-0.05, 0) is 31.2 Å². The topological polar surface area (TPSA) is 107 Å². The second-order valence-corrected chi connectivity index (χ2v) is 9.61. The van der Waals surface area contributed by atoms with Crippen molar-refractivity contribution in [1.82, 2.24) is 4.98 Å². The lowest BCUT2D eigenvalue weighted by molar-refractivity contribution is -0.136. The Morgan fingerprint density at radius 3 is 2.63 bits per heavy atom. The summed E-state index contributed by atoms with van der Waals surface area (Å²) in [5.74, 6) is -2.56. The summed E-state index contributed by atoms with van der Waals surface area (Å²) in [6.07, 6.45) is 1.23. The molecule has 3 rings (SSSR count). The van der Waals surface area contributed by atoms with Crippen LogP contribution in [0.5, 0.6) is 17.2 Å². The average Bonchev–Trinajstić information content (AvgIpc) is 3.23. The highest BCUT2D eigenvalue weighted by Gasteiger charge is 2.15. The van der Waals surface area contributed by atoms with E-state index in [1.165, 1.54) is 54.5 Å². The number of halogens is 2. The third kappa shape index (κ3) is 8.19. The van der Waals surface area contributed by atoms with Crippen LogP contribution in [0.3, 0.4) is 0 Å². The van der Waals surface area contributed by atoms with Crippen LogP contribution in [-0.4, -0.2) is 47.5 Å². The van der Waals surface area contributed by atoms with Gasteiger partial charge in [-0.2, -0.15) is 0 Å². The number of carboxylic acids is 1. The summed E-state index contributed by atoms with van der Waals surface area (Å²) < 4.78 is 44.1. The quantitative estimate of drug-likeness (QED) is 0.302. The zero-order valence-electron chi connectivity index (χ0n) is 18.7. The second kappa shape index (κ2) is 12.5. The minimum atomic E-state index is -1.07. The van der Waals surface area contributed by atoms with Gasteiger partial charge in [-0.25, -0.2) is 13.8 Å². The van der Waals surface area contributed by atoms with Crippen LogP contribution >= 0.6 is 23.1 Å². The first kappa shape index (κ1) is 26.4. The van der Waals surface area contributed by atoms with Gasteiger partial charge in [-0.3, -0.25) is 14.9 Å². The largest absolute Gasteiger partial charge is 0.488 e. The van der Waals surface area contributed by atoms with Gasteiger partial charge in [0.1, 0.15) is 23.4 Å². The van der Waals surface area contributed by atoms with Gasteiger partial charge in [0.25, 0.3) is 5.91 Å². The van der Waals surface area contributed by atoms with E-state index in [1.54, 1.807) is 13.1 Å². The number of aliphatic carboxylic acids is 1. The van der Waals surface area contributed by atoms with Crippen molar-refractivity contribution in [2.45, 2.75) is 23.7 Å². The number of hydrogen-bond donors (Lipinski definition) is 2. The molecule has 0 spiro atoms. The van der Waals surface area contributed by atoms with Crippen LogP contribution in [0.25, 0.3) is 0 Å². The van der Waals surface area contributed by atoms with Crippen molar-refractivity contribution >= 4 is 40.1 Å². The van der Waals surface area contributed by atoms with Crippen molar-refractivity contribution in [3.63, 3.8) is 0 Å². The third-order valence-electron chi connectivity index (χ3n) is 4.27. The molecule has 35 heavy (non-hydrogen) atoms. The van der Waals surface area contributed by atoms with Crippen LogP contribution in [-0.2, 0) is 9.53 Å². The predicted molar refractivity (Wildman–Crippen MR) is 128 cm³/mol. The molecular weight excluding hydrogens is 502 g/mol. The fourth-order valence-electron chi connectivity index (χ4n) is 2.80. The third-order valence-corrected chi connectivity index (χ3v) is 6.38. The monoisotopic (exact) mass is 524 g/mol. The molecule has 1 amide bonds. The zero-order chi connectivity index (χ0) is 25.4. The van der Waals surface area contributed by atoms with E-state index in [4.69, 9.17) is 19.3 Å². The molecule has 3 aromatic rings. The number of thioether (sulfide) groups is 1. The molecule has 186 valence electrons. The first-order chi connectivity index (χ1) is 16.7. The lowest BCUT2D eigenvalue weighted by atomic mass is 10.2. The van der Waals surface area contributed by atoms with E-state index in [0.29, 0.717) is 23.2 Å². The second-order valence-electron chi connectivity index (χ2n) is 7.19. The number of benzene rings is 2. The highest BCUT2D eigenvalue weighted by atomic mass is 32.2. The average molecular weight is 525 g/mol. The first-order valence-electron chi connectivity index (χ1n) is 10.3. The Kier molecular flexibility index (Phi) is 9.40. The molecule has 12 heteroatoms. The van der Waals surface area contributed by atoms with Crippen LogP contribution in [0, 0.1) is 11.6 Å². The number of rotatable bonds is 12. The van der Waals surface area contributed by atoms with Crippen molar-refractivity contribution in [2.24, 2.45) is 0 Å². The van der Waals surface area contributed by atoms with Crippen molar-refractivity contribution in [3.05, 3.63) is 59.8 Å². The molecule has 0 unspecified atom stereocenters. The molecular formula is C23H22F2N2O6S2. The highest BCUT2D eigenvalue weighted by Crippen LogP contribution is 2.31. The number of nitrogens with zero attached hydrogens (tertiary/aromatic N) is 1. The summed E-state index contributed by atoms with van der Waals surface area (Å²) in [6.45, 7) is 2.09. The van der Waals surface area contributed by atoms with E-state index >= 15 is 0 Å². The Balaban J connectivity index is 1.79. The van der Waals surface area contributed by atoms with Crippen molar-refractivity contribution in [3.8, 4) is 17.2 Å². The Hall–Kier alpha value is -3.22. The van der Waals surface area contributed by atoms with E-state index in [9.17, 15) is 18.4 Å². The summed E-state index contributed by atoms with van der Waals surface area (Å²) in [6, 6.07) is 7.56. The van der Waals surface area contributed by atoms with Gasteiger partial charge in [0.15, 0.2) is 16.8 Å². The molecule has 0 bridgehead atoms. The molecule has 0 aliphatic rings. The number of carbonyl (C=O) groups excluding carboxylic acids is 1. The number of thiazole rings is 1. The number of methoxy groups -OCH3 is 1. The molecule has 0 saturated carbocycles. The van der Waals surface area contributed by atoms with Crippen molar-refractivity contribution < 1.29 is 37.7 Å². The maximum Gasteiger partial charge on any atom is 0.304 e. The van der Waals surface area contributed by atoms with Gasteiger partial charge in [0.05, 0.1) is 23.4 Å². The van der Waals surface area contributed by atoms with Crippen LogP contribution < -0.4 is 14.8 Å². The van der Waals surface area contributed by atoms with E-state index in [0.717, 1.165) is 16.3 Å². The number of amides is 1. The van der Waals surface area contributed by atoms with Gasteiger partial charge >= 0.3 is 5.97 Å². The smallest absolute Gasteiger partial charge is 0.304 e. The molecule has 2 N–H and O–H groups in total. The molecule has 0 fully saturated rings. The standard InChI is InChI=1S/C23H22F2N2O6S2/c1-13(12-31-2)32-16-7-14(8-17(9-16)33-15-3-4-18(24)19(25)10-15)22(30)27-23-26-11-21(35-23)34-6-5-20(28)29/h3-4,7-11,13H,5-6,12H2,1-2H3,(H,28,29)(H,26,27,30)/t13-/m0/s1. The van der Waals surface area contributed by atoms with Gasteiger partial charge in [0.2, 0.25) is 0 Å². The Morgan fingerprint density at radius 1 is 1.14 bits per heavy atom. The summed E-state index contributed by atoms with van der Waals surface area (Å²) in [5.41, 5.74) is 0.181. The fraction of sp³-hybridized carbons (Fsp3) is 0.261. The summed E-state index contributed by atoms with van der Waals surface area (Å²) in [7, 11) is 1.53. The van der Waals surface area contributed by atoms with E-state index < -0.39 is 23.5 Å². The van der Waals surface area contributed by atoms with Gasteiger partial charge in [-0.15, -0.1) is 11.8 Å². The number of carbonyl (C=O) groups is 2. The van der Waals surface area contributed by atoms with E-state index in [-0.39, 0.29) is 29.6 Å². The Bertz CT molecular complexity index is 1190. The summed E-state index contributed by atoms with van der Waals surface area (Å²) >= 11 is 2.54. The molecule has 0 radical (unpaired) electrons. The van der Waals surface area contributed by atoms with E-state index in [2.05, 4.69) is 10.3 Å². The number of nitrogens with one attached hydrogen (secondary N) is 1. The molecule has 2 aromatic carbocycles. The van der Waals surface area contributed by atoms with Crippen molar-refractivity contribution in [1.29, 1.82) is 0 Å². The Morgan fingerprint density at radius 2 is 1.91 bits per heavy atom. The number of anilines is 1. The van der Waals surface area contributed by atoms with Crippen LogP contribution in [0.4, 0.5) is 13.9 Å². The maximum atomic E-state index is 13.6. The van der Waals surface area contributed by atoms with Crippen LogP contribution in [0.2, 0.25) is 0 Å². The fourth-order valence-corrected chi connectivity index (χ4v) is 4.67. The number of carboxylic acid groups (broad SMARTS) is 1. The minimum absolute atomic E-state index is 0.0132. The van der Waals surface area contributed by atoms with Crippen LogP contribution in [0.15, 0.2) is 46.8 Å². The van der Waals surface area contributed by atoms with Gasteiger partial charge in [0, 0.05) is 30.6 Å². The van der Waals surface area contributed by atoms with Gasteiger partial charge < -0.3 is 19.3 Å². The Labute approximate surface area is 208 Å². The molecule has 0 aliphatic carbocycles. The zero-order valence-corrected chi connectivity index (χ0v) is 20.4. The molecule has 1 atom stereocenters. The summed E-state index contributed by atoms with van der Waals surface area (Å²) in [5, 5.41) is 11.8. The molecule has 8 nitrogen and oxygen atoms in total. The first-order valence-corrected chi connectivity index (χ1v) is 12.1. The summed E-state index contributed by atoms with van der Waals surface area (Å²) in [4.78, 5) is 27.7. The lowest BCUT2D eigenvalue weighted by Crippen LogP contribution is -2.18. The number of ether oxygens (including phenoxy) is 3. The molecule has 1 heterocycles.